The van der Waals surface area contributed by atoms with Crippen LogP contribution in [0.15, 0.2) is 33.8 Å². The van der Waals surface area contributed by atoms with Gasteiger partial charge in [-0.1, -0.05) is 30.6 Å². The minimum atomic E-state index is 0.323. The van der Waals surface area contributed by atoms with Gasteiger partial charge in [-0.3, -0.25) is 4.99 Å². The maximum atomic E-state index is 5.90. The first-order chi connectivity index (χ1) is 11.5. The normalized spacial score (nSPS) is 17.3. The molecule has 128 valence electrons. The highest BCUT2D eigenvalue weighted by atomic mass is 35.5. The van der Waals surface area contributed by atoms with E-state index in [-0.39, 0.29) is 0 Å². The second kappa shape index (κ2) is 6.81. The molecule has 0 radical (unpaired) electrons. The summed E-state index contributed by atoms with van der Waals surface area (Å²) in [6, 6.07) is 7.36. The van der Waals surface area contributed by atoms with Crippen LogP contribution in [-0.4, -0.2) is 41.1 Å². The molecule has 1 aromatic carbocycles. The summed E-state index contributed by atoms with van der Waals surface area (Å²) in [5, 5.41) is 8.00. The molecule has 2 heterocycles. The Morgan fingerprint density at radius 3 is 2.75 bits per heavy atom. The van der Waals surface area contributed by atoms with Gasteiger partial charge >= 0.3 is 0 Å². The Bertz CT molecular complexity index is 723. The number of nitrogens with one attached hydrogen (secondary N) is 1. The zero-order valence-electron chi connectivity index (χ0n) is 14.2. The highest BCUT2D eigenvalue weighted by Crippen LogP contribution is 2.28. The van der Waals surface area contributed by atoms with Gasteiger partial charge in [0.2, 0.25) is 11.7 Å². The Labute approximate surface area is 146 Å². The average Bonchev–Trinajstić information content (AvgIpc) is 3.15. The molecule has 1 N–H and O–H groups in total. The maximum absolute atomic E-state index is 5.90. The third-order valence-electron chi connectivity index (χ3n) is 4.16. The minimum absolute atomic E-state index is 0.323. The predicted molar refractivity (Wildman–Crippen MR) is 94.9 cm³/mol. The number of benzene rings is 1. The number of halogens is 1. The van der Waals surface area contributed by atoms with E-state index in [2.05, 4.69) is 39.2 Å². The van der Waals surface area contributed by atoms with Crippen LogP contribution in [0.3, 0.4) is 0 Å². The molecule has 6 nitrogen and oxygen atoms in total. The predicted octanol–water partition coefficient (Wildman–Crippen LogP) is 3.20. The summed E-state index contributed by atoms with van der Waals surface area (Å²) < 4.78 is 5.32. The number of hydrogen-bond acceptors (Lipinski definition) is 4. The molecule has 1 saturated heterocycles. The second-order valence-corrected chi connectivity index (χ2v) is 7.19. The Kier molecular flexibility index (Phi) is 4.76. The van der Waals surface area contributed by atoms with E-state index in [1.165, 1.54) is 0 Å². The van der Waals surface area contributed by atoms with E-state index in [4.69, 9.17) is 16.1 Å². The van der Waals surface area contributed by atoms with Crippen LogP contribution in [0, 0.1) is 5.41 Å². The van der Waals surface area contributed by atoms with Crippen molar-refractivity contribution in [2.24, 2.45) is 10.4 Å². The molecule has 3 rings (SSSR count). The third kappa shape index (κ3) is 3.87. The second-order valence-electron chi connectivity index (χ2n) is 6.76. The fraction of sp³-hybridized carbons (Fsp3) is 0.471. The van der Waals surface area contributed by atoms with Gasteiger partial charge in [0, 0.05) is 30.7 Å². The van der Waals surface area contributed by atoms with Crippen LogP contribution in [-0.2, 0) is 6.54 Å². The lowest BCUT2D eigenvalue weighted by Gasteiger charge is -2.23. The SMILES string of the molecule is CN=C(NCc1nc(-c2ccc(Cl)cc2)no1)N1CCC(C)(C)C1. The van der Waals surface area contributed by atoms with Crippen LogP contribution < -0.4 is 5.32 Å². The molecule has 1 aliphatic heterocycles. The number of likely N-dealkylation sites (tertiary alicyclic amines) is 1. The lowest BCUT2D eigenvalue weighted by atomic mass is 9.93. The monoisotopic (exact) mass is 347 g/mol. The molecule has 0 saturated carbocycles. The largest absolute Gasteiger partial charge is 0.347 e. The smallest absolute Gasteiger partial charge is 0.246 e. The van der Waals surface area contributed by atoms with Gasteiger partial charge in [-0.15, -0.1) is 0 Å². The molecule has 1 fully saturated rings. The van der Waals surface area contributed by atoms with Gasteiger partial charge in [0.25, 0.3) is 0 Å². The number of hydrogen-bond donors (Lipinski definition) is 1. The highest BCUT2D eigenvalue weighted by molar-refractivity contribution is 6.30. The van der Waals surface area contributed by atoms with E-state index in [1.54, 1.807) is 7.05 Å². The first-order valence-electron chi connectivity index (χ1n) is 8.01. The fourth-order valence-electron chi connectivity index (χ4n) is 2.82. The Morgan fingerprint density at radius 2 is 2.12 bits per heavy atom. The zero-order valence-corrected chi connectivity index (χ0v) is 15.0. The van der Waals surface area contributed by atoms with Crippen LogP contribution in [0.2, 0.25) is 5.02 Å². The van der Waals surface area contributed by atoms with Crippen molar-refractivity contribution in [3.8, 4) is 11.4 Å². The van der Waals surface area contributed by atoms with E-state index < -0.39 is 0 Å². The fourth-order valence-corrected chi connectivity index (χ4v) is 2.95. The molecule has 7 heteroatoms. The first-order valence-corrected chi connectivity index (χ1v) is 8.39. The third-order valence-corrected chi connectivity index (χ3v) is 4.41. The quantitative estimate of drug-likeness (QED) is 0.682. The summed E-state index contributed by atoms with van der Waals surface area (Å²) in [5.41, 5.74) is 1.20. The lowest BCUT2D eigenvalue weighted by molar-refractivity contribution is 0.359. The molecule has 0 bridgehead atoms. The number of rotatable bonds is 3. The van der Waals surface area contributed by atoms with Crippen molar-refractivity contribution in [2.45, 2.75) is 26.8 Å². The Morgan fingerprint density at radius 1 is 1.38 bits per heavy atom. The summed E-state index contributed by atoms with van der Waals surface area (Å²) >= 11 is 5.90. The van der Waals surface area contributed by atoms with Crippen molar-refractivity contribution < 1.29 is 4.52 Å². The van der Waals surface area contributed by atoms with Crippen LogP contribution in [0.1, 0.15) is 26.2 Å². The van der Waals surface area contributed by atoms with Crippen LogP contribution in [0.5, 0.6) is 0 Å². The summed E-state index contributed by atoms with van der Waals surface area (Å²) in [6.45, 7) is 7.00. The summed E-state index contributed by atoms with van der Waals surface area (Å²) in [7, 11) is 1.79. The van der Waals surface area contributed by atoms with Crippen molar-refractivity contribution in [3.05, 3.63) is 35.2 Å². The number of aliphatic imine (C=N–C) groups is 1. The zero-order chi connectivity index (χ0) is 17.2. The molecular formula is C17H22ClN5O. The number of aromatic nitrogens is 2. The van der Waals surface area contributed by atoms with Crippen LogP contribution >= 0.6 is 11.6 Å². The van der Waals surface area contributed by atoms with Crippen LogP contribution in [0.4, 0.5) is 0 Å². The van der Waals surface area contributed by atoms with Crippen molar-refractivity contribution in [1.82, 2.24) is 20.4 Å². The minimum Gasteiger partial charge on any atom is -0.347 e. The summed E-state index contributed by atoms with van der Waals surface area (Å²) in [4.78, 5) is 11.0. The maximum Gasteiger partial charge on any atom is 0.246 e. The van der Waals surface area contributed by atoms with Gasteiger partial charge in [0.05, 0.1) is 6.54 Å². The standard InChI is InChI=1S/C17H22ClN5O/c1-17(2)8-9-23(11-17)16(19-3)20-10-14-21-15(22-24-14)12-4-6-13(18)7-5-12/h4-7H,8-11H2,1-3H3,(H,19,20). The van der Waals surface area contributed by atoms with Gasteiger partial charge in [-0.2, -0.15) is 4.98 Å². The van der Waals surface area contributed by atoms with E-state index in [1.807, 2.05) is 24.3 Å². The molecule has 1 aromatic heterocycles. The van der Waals surface area contributed by atoms with E-state index in [0.29, 0.717) is 28.7 Å². The highest BCUT2D eigenvalue weighted by Gasteiger charge is 2.30. The topological polar surface area (TPSA) is 66.5 Å². The molecule has 1 aliphatic rings. The molecule has 0 atom stereocenters. The van der Waals surface area contributed by atoms with Gasteiger partial charge in [0.15, 0.2) is 5.96 Å². The molecule has 2 aromatic rings. The molecule has 0 unspecified atom stereocenters. The van der Waals surface area contributed by atoms with Gasteiger partial charge in [0.1, 0.15) is 0 Å². The summed E-state index contributed by atoms with van der Waals surface area (Å²) in [5.74, 6) is 1.95. The van der Waals surface area contributed by atoms with Crippen molar-refractivity contribution in [2.75, 3.05) is 20.1 Å². The number of nitrogens with zero attached hydrogens (tertiary/aromatic N) is 4. The molecule has 24 heavy (non-hydrogen) atoms. The molecule has 0 amide bonds. The van der Waals surface area contributed by atoms with Crippen molar-refractivity contribution in [1.29, 1.82) is 0 Å². The number of guanidine groups is 1. The van der Waals surface area contributed by atoms with E-state index in [0.717, 1.165) is 31.0 Å². The molecule has 0 aliphatic carbocycles. The lowest BCUT2D eigenvalue weighted by Crippen LogP contribution is -2.40. The Hall–Kier alpha value is -2.08. The molecular weight excluding hydrogens is 326 g/mol. The average molecular weight is 348 g/mol. The van der Waals surface area contributed by atoms with Gasteiger partial charge in [-0.25, -0.2) is 0 Å². The van der Waals surface area contributed by atoms with E-state index in [9.17, 15) is 0 Å². The van der Waals surface area contributed by atoms with Crippen LogP contribution in [0.25, 0.3) is 11.4 Å². The Balaban J connectivity index is 1.61. The molecule has 0 spiro atoms. The van der Waals surface area contributed by atoms with Crippen molar-refractivity contribution in [3.63, 3.8) is 0 Å². The van der Waals surface area contributed by atoms with Gasteiger partial charge < -0.3 is 14.7 Å². The summed E-state index contributed by atoms with van der Waals surface area (Å²) in [6.07, 6.45) is 1.16. The van der Waals surface area contributed by atoms with Gasteiger partial charge in [-0.05, 0) is 36.1 Å². The van der Waals surface area contributed by atoms with Crippen molar-refractivity contribution >= 4 is 17.6 Å². The first kappa shape index (κ1) is 16.8. The van der Waals surface area contributed by atoms with E-state index >= 15 is 0 Å².